The molecule has 0 aliphatic heterocycles. The average molecular weight is 166 g/mol. The second-order valence-corrected chi connectivity index (χ2v) is 3.02. The molecule has 0 bridgehead atoms. The number of aliphatic hydroxyl groups is 2. The summed E-state index contributed by atoms with van der Waals surface area (Å²) in [7, 11) is 0. The molecule has 0 aliphatic rings. The number of aliphatic hydroxyl groups excluding tert-OH is 2. The third-order valence-electron chi connectivity index (χ3n) is 1.97. The van der Waals surface area contributed by atoms with E-state index < -0.39 is 6.10 Å². The smallest absolute Gasteiger partial charge is 0.0837 e. The van der Waals surface area contributed by atoms with Crippen LogP contribution in [0.3, 0.4) is 0 Å². The van der Waals surface area contributed by atoms with Crippen molar-refractivity contribution in [2.45, 2.75) is 13.0 Å². The average Bonchev–Trinajstić information content (AvgIpc) is 2.17. The summed E-state index contributed by atoms with van der Waals surface area (Å²) < 4.78 is 0. The van der Waals surface area contributed by atoms with Gasteiger partial charge in [0, 0.05) is 12.5 Å². The molecule has 0 heterocycles. The van der Waals surface area contributed by atoms with Crippen LogP contribution in [-0.2, 0) is 0 Å². The number of hydrogen-bond acceptors (Lipinski definition) is 2. The first-order valence-electron chi connectivity index (χ1n) is 4.09. The van der Waals surface area contributed by atoms with E-state index in [-0.39, 0.29) is 12.5 Å². The standard InChI is InChI=1S/C10H14O2/c1-8(7-11)10(12)9-5-3-2-4-6-9/h2-6,8,10-12H,7H2,1H3/t8-,10+/m0/s1. The molecule has 1 aromatic rings. The molecule has 12 heavy (non-hydrogen) atoms. The minimum atomic E-state index is -0.559. The van der Waals surface area contributed by atoms with Crippen molar-refractivity contribution in [2.75, 3.05) is 6.61 Å². The lowest BCUT2D eigenvalue weighted by atomic mass is 9.98. The van der Waals surface area contributed by atoms with Crippen LogP contribution in [0.5, 0.6) is 0 Å². The van der Waals surface area contributed by atoms with Crippen LogP contribution in [0.25, 0.3) is 0 Å². The van der Waals surface area contributed by atoms with Crippen molar-refractivity contribution in [3.8, 4) is 0 Å². The number of hydrogen-bond donors (Lipinski definition) is 2. The molecule has 0 saturated heterocycles. The van der Waals surface area contributed by atoms with E-state index in [1.54, 1.807) is 0 Å². The van der Waals surface area contributed by atoms with Crippen molar-refractivity contribution in [3.63, 3.8) is 0 Å². The van der Waals surface area contributed by atoms with E-state index in [2.05, 4.69) is 0 Å². The Balaban J connectivity index is 2.71. The van der Waals surface area contributed by atoms with Crippen molar-refractivity contribution in [3.05, 3.63) is 35.9 Å². The van der Waals surface area contributed by atoms with Crippen molar-refractivity contribution in [2.24, 2.45) is 5.92 Å². The Hall–Kier alpha value is -0.860. The lowest BCUT2D eigenvalue weighted by molar-refractivity contribution is 0.0770. The Morgan fingerprint density at radius 1 is 1.25 bits per heavy atom. The summed E-state index contributed by atoms with van der Waals surface area (Å²) in [4.78, 5) is 0. The predicted molar refractivity (Wildman–Crippen MR) is 47.7 cm³/mol. The Morgan fingerprint density at radius 3 is 2.33 bits per heavy atom. The molecule has 0 unspecified atom stereocenters. The molecule has 2 atom stereocenters. The maximum atomic E-state index is 9.63. The minimum absolute atomic E-state index is 0.00998. The quantitative estimate of drug-likeness (QED) is 0.711. The van der Waals surface area contributed by atoms with Crippen LogP contribution in [0, 0.1) is 5.92 Å². The third kappa shape index (κ3) is 2.06. The Bertz CT molecular complexity index is 221. The van der Waals surface area contributed by atoms with E-state index in [9.17, 15) is 5.11 Å². The van der Waals surface area contributed by atoms with Crippen molar-refractivity contribution in [1.82, 2.24) is 0 Å². The van der Waals surface area contributed by atoms with E-state index in [4.69, 9.17) is 5.11 Å². The van der Waals surface area contributed by atoms with Gasteiger partial charge in [0.2, 0.25) is 0 Å². The number of rotatable bonds is 3. The largest absolute Gasteiger partial charge is 0.396 e. The summed E-state index contributed by atoms with van der Waals surface area (Å²) >= 11 is 0. The Morgan fingerprint density at radius 2 is 1.83 bits per heavy atom. The highest BCUT2D eigenvalue weighted by atomic mass is 16.3. The second kappa shape index (κ2) is 4.24. The normalized spacial score (nSPS) is 15.6. The van der Waals surface area contributed by atoms with Gasteiger partial charge in [-0.2, -0.15) is 0 Å². The van der Waals surface area contributed by atoms with Crippen molar-refractivity contribution < 1.29 is 10.2 Å². The van der Waals surface area contributed by atoms with Crippen LogP contribution in [0.15, 0.2) is 30.3 Å². The van der Waals surface area contributed by atoms with E-state index in [0.717, 1.165) is 5.56 Å². The Kier molecular flexibility index (Phi) is 3.26. The van der Waals surface area contributed by atoms with Gasteiger partial charge < -0.3 is 10.2 Å². The van der Waals surface area contributed by atoms with Gasteiger partial charge in [0.05, 0.1) is 6.10 Å². The van der Waals surface area contributed by atoms with Gasteiger partial charge in [0.15, 0.2) is 0 Å². The van der Waals surface area contributed by atoms with Crippen LogP contribution in [0.2, 0.25) is 0 Å². The van der Waals surface area contributed by atoms with Crippen LogP contribution in [0.1, 0.15) is 18.6 Å². The van der Waals surface area contributed by atoms with E-state index in [1.807, 2.05) is 37.3 Å². The maximum Gasteiger partial charge on any atom is 0.0837 e. The summed E-state index contributed by atoms with van der Waals surface area (Å²) in [6, 6.07) is 9.37. The fraction of sp³-hybridized carbons (Fsp3) is 0.400. The van der Waals surface area contributed by atoms with Gasteiger partial charge in [-0.3, -0.25) is 0 Å². The molecule has 1 rings (SSSR count). The van der Waals surface area contributed by atoms with Gasteiger partial charge in [0.25, 0.3) is 0 Å². The molecular formula is C10H14O2. The highest BCUT2D eigenvalue weighted by Gasteiger charge is 2.14. The molecule has 0 fully saturated rings. The van der Waals surface area contributed by atoms with Crippen molar-refractivity contribution in [1.29, 1.82) is 0 Å². The molecule has 0 aliphatic carbocycles. The van der Waals surface area contributed by atoms with Gasteiger partial charge in [-0.25, -0.2) is 0 Å². The summed E-state index contributed by atoms with van der Waals surface area (Å²) in [5, 5.41) is 18.4. The Labute approximate surface area is 72.5 Å². The molecule has 66 valence electrons. The zero-order chi connectivity index (χ0) is 8.97. The van der Waals surface area contributed by atoms with Gasteiger partial charge in [-0.1, -0.05) is 37.3 Å². The fourth-order valence-electron chi connectivity index (χ4n) is 1.08. The van der Waals surface area contributed by atoms with E-state index in [1.165, 1.54) is 0 Å². The maximum absolute atomic E-state index is 9.63. The van der Waals surface area contributed by atoms with Crippen LogP contribution in [0.4, 0.5) is 0 Å². The number of benzene rings is 1. The van der Waals surface area contributed by atoms with E-state index >= 15 is 0 Å². The molecule has 0 radical (unpaired) electrons. The molecule has 0 amide bonds. The lowest BCUT2D eigenvalue weighted by Crippen LogP contribution is -2.12. The highest BCUT2D eigenvalue weighted by Crippen LogP contribution is 2.20. The van der Waals surface area contributed by atoms with Gasteiger partial charge in [-0.05, 0) is 5.56 Å². The first-order chi connectivity index (χ1) is 5.75. The highest BCUT2D eigenvalue weighted by molar-refractivity contribution is 5.17. The first kappa shape index (κ1) is 9.23. The molecule has 2 heteroatoms. The van der Waals surface area contributed by atoms with Crippen LogP contribution >= 0.6 is 0 Å². The van der Waals surface area contributed by atoms with Gasteiger partial charge >= 0.3 is 0 Å². The topological polar surface area (TPSA) is 40.5 Å². The summed E-state index contributed by atoms with van der Waals surface area (Å²) in [5.74, 6) is -0.104. The van der Waals surface area contributed by atoms with Crippen LogP contribution < -0.4 is 0 Å². The molecule has 2 N–H and O–H groups in total. The molecule has 1 aromatic carbocycles. The van der Waals surface area contributed by atoms with E-state index in [0.29, 0.717) is 0 Å². The van der Waals surface area contributed by atoms with Crippen LogP contribution in [-0.4, -0.2) is 16.8 Å². The fourth-order valence-corrected chi connectivity index (χ4v) is 1.08. The minimum Gasteiger partial charge on any atom is -0.396 e. The summed E-state index contributed by atoms with van der Waals surface area (Å²) in [6.07, 6.45) is -0.559. The SMILES string of the molecule is C[C@@H](CO)[C@@H](O)c1ccccc1. The summed E-state index contributed by atoms with van der Waals surface area (Å²) in [6.45, 7) is 1.83. The second-order valence-electron chi connectivity index (χ2n) is 3.02. The molecule has 0 aromatic heterocycles. The first-order valence-corrected chi connectivity index (χ1v) is 4.09. The van der Waals surface area contributed by atoms with Gasteiger partial charge in [0.1, 0.15) is 0 Å². The molecular weight excluding hydrogens is 152 g/mol. The zero-order valence-corrected chi connectivity index (χ0v) is 7.14. The van der Waals surface area contributed by atoms with Crippen molar-refractivity contribution >= 4 is 0 Å². The molecule has 0 saturated carbocycles. The molecule has 0 spiro atoms. The predicted octanol–water partition coefficient (Wildman–Crippen LogP) is 1.35. The third-order valence-corrected chi connectivity index (χ3v) is 1.97. The van der Waals surface area contributed by atoms with Gasteiger partial charge in [-0.15, -0.1) is 0 Å². The lowest BCUT2D eigenvalue weighted by Gasteiger charge is -2.16. The monoisotopic (exact) mass is 166 g/mol. The molecule has 2 nitrogen and oxygen atoms in total. The summed E-state index contributed by atoms with van der Waals surface area (Å²) in [5.41, 5.74) is 0.860. The zero-order valence-electron chi connectivity index (χ0n) is 7.14.